The molecule has 0 N–H and O–H groups in total. The molecule has 0 aliphatic rings. The Labute approximate surface area is 129 Å². The number of benzene rings is 3. The van der Waals surface area contributed by atoms with E-state index in [4.69, 9.17) is 10.0 Å². The van der Waals surface area contributed by atoms with Crippen molar-refractivity contribution in [2.45, 2.75) is 26.2 Å². The zero-order chi connectivity index (χ0) is 18.1. The molecule has 104 valence electrons. The molecular weight excluding hydrogens is 258 g/mol. The Hall–Kier alpha value is -2.35. The minimum absolute atomic E-state index is 0.0244. The number of rotatable bonds is 0. The van der Waals surface area contributed by atoms with Crippen molar-refractivity contribution in [3.05, 3.63) is 54.1 Å². The Bertz CT molecular complexity index is 1170. The van der Waals surface area contributed by atoms with Crippen molar-refractivity contribution in [3.63, 3.8) is 0 Å². The van der Waals surface area contributed by atoms with E-state index < -0.39 is 0 Å². The van der Waals surface area contributed by atoms with Gasteiger partial charge in [0.1, 0.15) is 0 Å². The Balaban J connectivity index is 2.38. The molecule has 21 heavy (non-hydrogen) atoms. The highest BCUT2D eigenvalue weighted by atomic mass is 16.5. The molecule has 0 bridgehead atoms. The predicted octanol–water partition coefficient (Wildman–Crippen LogP) is 5.43. The summed E-state index contributed by atoms with van der Waals surface area (Å²) in [6.45, 7) is 6.14. The molecule has 3 aromatic carbocycles. The van der Waals surface area contributed by atoms with E-state index in [1.807, 2.05) is 39.0 Å². The lowest BCUT2D eigenvalue weighted by molar-refractivity contribution is 0.419. The van der Waals surface area contributed by atoms with Gasteiger partial charge in [0.25, 0.3) is 0 Å². The van der Waals surface area contributed by atoms with Crippen molar-refractivity contribution in [2.75, 3.05) is 0 Å². The molecule has 0 saturated carbocycles. The van der Waals surface area contributed by atoms with E-state index >= 15 is 0 Å². The van der Waals surface area contributed by atoms with Crippen LogP contribution in [-0.4, -0.2) is 5.16 Å². The third kappa shape index (κ3) is 1.75. The standard InChI is InChI=1S/C19H17NO/c1-19(2,3)18-17-15(21-20-18)11-10-13-9-8-12-6-4-5-7-14(12)16(13)17/h4-11H,1-3H3/i4D,5D,6D,7D. The van der Waals surface area contributed by atoms with Crippen LogP contribution in [0, 0.1) is 0 Å². The van der Waals surface area contributed by atoms with E-state index in [0.717, 1.165) is 21.9 Å². The molecule has 0 unspecified atom stereocenters. The Morgan fingerprint density at radius 3 is 2.48 bits per heavy atom. The van der Waals surface area contributed by atoms with Gasteiger partial charge in [-0.05, 0) is 22.2 Å². The molecule has 0 saturated heterocycles. The predicted molar refractivity (Wildman–Crippen MR) is 87.7 cm³/mol. The van der Waals surface area contributed by atoms with E-state index in [-0.39, 0.29) is 29.6 Å². The van der Waals surface area contributed by atoms with Crippen LogP contribution >= 0.6 is 0 Å². The zero-order valence-electron chi connectivity index (χ0n) is 16.2. The summed E-state index contributed by atoms with van der Waals surface area (Å²) in [4.78, 5) is 0. The molecule has 0 aliphatic carbocycles. The van der Waals surface area contributed by atoms with Gasteiger partial charge in [0.2, 0.25) is 0 Å². The first-order valence-electron chi connectivity index (χ1n) is 8.93. The van der Waals surface area contributed by atoms with Gasteiger partial charge in [-0.3, -0.25) is 0 Å². The van der Waals surface area contributed by atoms with Gasteiger partial charge >= 0.3 is 0 Å². The van der Waals surface area contributed by atoms with Crippen LogP contribution in [-0.2, 0) is 5.41 Å². The third-order valence-corrected chi connectivity index (χ3v) is 3.78. The first-order valence-corrected chi connectivity index (χ1v) is 6.93. The van der Waals surface area contributed by atoms with Gasteiger partial charge in [0.05, 0.1) is 16.6 Å². The van der Waals surface area contributed by atoms with Gasteiger partial charge in [0, 0.05) is 10.8 Å². The number of nitrogens with zero attached hydrogens (tertiary/aromatic N) is 1. The highest BCUT2D eigenvalue weighted by molar-refractivity contribution is 6.20. The largest absolute Gasteiger partial charge is 0.356 e. The molecule has 4 aromatic rings. The van der Waals surface area contributed by atoms with E-state index in [1.54, 1.807) is 6.07 Å². The summed E-state index contributed by atoms with van der Waals surface area (Å²) in [6, 6.07) is 6.90. The van der Waals surface area contributed by atoms with Gasteiger partial charge in [-0.25, -0.2) is 0 Å². The second-order valence-corrected chi connectivity index (χ2v) is 6.31. The first kappa shape index (κ1) is 8.83. The van der Waals surface area contributed by atoms with Gasteiger partial charge in [-0.15, -0.1) is 0 Å². The summed E-state index contributed by atoms with van der Waals surface area (Å²) < 4.78 is 38.1. The number of aromatic nitrogens is 1. The van der Waals surface area contributed by atoms with Gasteiger partial charge in [-0.2, -0.15) is 0 Å². The maximum Gasteiger partial charge on any atom is 0.167 e. The summed E-state index contributed by atoms with van der Waals surface area (Å²) in [6.07, 6.45) is 0. The van der Waals surface area contributed by atoms with Crippen LogP contribution in [0.25, 0.3) is 32.5 Å². The molecule has 0 aliphatic heterocycles. The molecule has 0 fully saturated rings. The second kappa shape index (κ2) is 4.08. The second-order valence-electron chi connectivity index (χ2n) is 6.31. The van der Waals surface area contributed by atoms with Crippen molar-refractivity contribution in [1.29, 1.82) is 0 Å². The maximum absolute atomic E-state index is 8.42. The summed E-state index contributed by atoms with van der Waals surface area (Å²) in [5, 5.41) is 7.76. The molecule has 1 aromatic heterocycles. The molecular formula is C19H17NO. The fraction of sp³-hybridized carbons (Fsp3) is 0.211. The summed E-state index contributed by atoms with van der Waals surface area (Å²) in [5.41, 5.74) is 1.15. The Kier molecular flexibility index (Phi) is 1.71. The average Bonchev–Trinajstić information content (AvgIpc) is 3.01. The van der Waals surface area contributed by atoms with Crippen LogP contribution in [0.4, 0.5) is 0 Å². The third-order valence-electron chi connectivity index (χ3n) is 3.78. The fourth-order valence-electron chi connectivity index (χ4n) is 2.79. The molecule has 0 amide bonds. The van der Waals surface area contributed by atoms with Crippen LogP contribution in [0.5, 0.6) is 0 Å². The fourth-order valence-corrected chi connectivity index (χ4v) is 2.79. The smallest absolute Gasteiger partial charge is 0.167 e. The first-order chi connectivity index (χ1) is 11.7. The Morgan fingerprint density at radius 1 is 0.952 bits per heavy atom. The highest BCUT2D eigenvalue weighted by Crippen LogP contribution is 2.37. The highest BCUT2D eigenvalue weighted by Gasteiger charge is 2.23. The van der Waals surface area contributed by atoms with Crippen LogP contribution < -0.4 is 0 Å². The lowest BCUT2D eigenvalue weighted by Gasteiger charge is -2.15. The van der Waals surface area contributed by atoms with Gasteiger partial charge < -0.3 is 4.52 Å². The quantitative estimate of drug-likeness (QED) is 0.401. The topological polar surface area (TPSA) is 26.0 Å². The van der Waals surface area contributed by atoms with Crippen molar-refractivity contribution in [1.82, 2.24) is 5.16 Å². The molecule has 4 rings (SSSR count). The molecule has 0 atom stereocenters. The molecule has 0 spiro atoms. The lowest BCUT2D eigenvalue weighted by Crippen LogP contribution is -2.11. The van der Waals surface area contributed by atoms with Crippen LogP contribution in [0.2, 0.25) is 0 Å². The van der Waals surface area contributed by atoms with E-state index in [9.17, 15) is 0 Å². The molecule has 1 heterocycles. The van der Waals surface area contributed by atoms with Crippen LogP contribution in [0.1, 0.15) is 31.9 Å². The van der Waals surface area contributed by atoms with E-state index in [0.29, 0.717) is 16.4 Å². The van der Waals surface area contributed by atoms with Crippen LogP contribution in [0.15, 0.2) is 53.0 Å². The minimum Gasteiger partial charge on any atom is -0.356 e. The van der Waals surface area contributed by atoms with Crippen LogP contribution in [0.3, 0.4) is 0 Å². The van der Waals surface area contributed by atoms with Crippen molar-refractivity contribution < 1.29 is 10.0 Å². The van der Waals surface area contributed by atoms with E-state index in [1.165, 1.54) is 0 Å². The molecule has 2 nitrogen and oxygen atoms in total. The summed E-state index contributed by atoms with van der Waals surface area (Å²) in [5.74, 6) is 0. The monoisotopic (exact) mass is 279 g/mol. The number of hydrogen-bond acceptors (Lipinski definition) is 2. The van der Waals surface area contributed by atoms with E-state index in [2.05, 4.69) is 5.16 Å². The number of fused-ring (bicyclic) bond motifs is 5. The molecule has 2 heteroatoms. The average molecular weight is 279 g/mol. The Morgan fingerprint density at radius 2 is 1.67 bits per heavy atom. The maximum atomic E-state index is 8.42. The van der Waals surface area contributed by atoms with Crippen molar-refractivity contribution in [2.24, 2.45) is 0 Å². The minimum atomic E-state index is -0.257. The summed E-state index contributed by atoms with van der Waals surface area (Å²) in [7, 11) is 0. The van der Waals surface area contributed by atoms with Crippen molar-refractivity contribution >= 4 is 32.5 Å². The zero-order valence-corrected chi connectivity index (χ0v) is 12.2. The summed E-state index contributed by atoms with van der Waals surface area (Å²) >= 11 is 0. The normalized spacial score (nSPS) is 15.2. The lowest BCUT2D eigenvalue weighted by atomic mass is 9.87. The molecule has 0 radical (unpaired) electrons. The van der Waals surface area contributed by atoms with Gasteiger partial charge in [-0.1, -0.05) is 68.3 Å². The van der Waals surface area contributed by atoms with Gasteiger partial charge in [0.15, 0.2) is 5.58 Å². The SMILES string of the molecule is [2H]c1c([2H])c([2H])c2c(ccc3ccc4onc(C(C)(C)C)c4c32)c1[2H]. The van der Waals surface area contributed by atoms with Crippen molar-refractivity contribution in [3.8, 4) is 0 Å². The number of hydrogen-bond donors (Lipinski definition) is 0.